The average Bonchev–Trinajstić information content (AvgIpc) is 3.36. The molecule has 36 heavy (non-hydrogen) atoms. The zero-order chi connectivity index (χ0) is 25.1. The maximum Gasteiger partial charge on any atom is 0.270 e. The molecule has 3 aliphatic heterocycles. The third-order valence-electron chi connectivity index (χ3n) is 7.17. The Morgan fingerprint density at radius 2 is 1.64 bits per heavy atom. The number of amides is 2. The van der Waals surface area contributed by atoms with Gasteiger partial charge in [-0.25, -0.2) is 9.29 Å². The molecule has 3 aromatic carbocycles. The molecular weight excluding hydrogens is 465 g/mol. The van der Waals surface area contributed by atoms with Gasteiger partial charge in [0.05, 0.1) is 28.5 Å². The van der Waals surface area contributed by atoms with E-state index in [0.29, 0.717) is 0 Å². The van der Waals surface area contributed by atoms with Crippen molar-refractivity contribution in [1.29, 1.82) is 0 Å². The molecular formula is C27H18FN3O5. The van der Waals surface area contributed by atoms with Crippen LogP contribution in [0.25, 0.3) is 6.08 Å². The second-order valence-electron chi connectivity index (χ2n) is 8.97. The van der Waals surface area contributed by atoms with Crippen LogP contribution in [0.15, 0.2) is 79.0 Å². The highest BCUT2D eigenvalue weighted by atomic mass is 19.1. The number of nitrogens with zero attached hydrogens (tertiary/aromatic N) is 3. The molecule has 0 spiro atoms. The normalized spacial score (nSPS) is 23.9. The van der Waals surface area contributed by atoms with Gasteiger partial charge in [-0.2, -0.15) is 0 Å². The molecule has 6 rings (SSSR count). The molecule has 9 heteroatoms. The van der Waals surface area contributed by atoms with E-state index in [1.165, 1.54) is 48.5 Å². The van der Waals surface area contributed by atoms with E-state index < -0.39 is 52.3 Å². The van der Waals surface area contributed by atoms with Crippen molar-refractivity contribution in [2.24, 2.45) is 11.8 Å². The molecule has 0 saturated carbocycles. The van der Waals surface area contributed by atoms with Gasteiger partial charge in [-0.05, 0) is 29.3 Å². The molecule has 0 aromatic heterocycles. The Bertz CT molecular complexity index is 1500. The SMILES string of the molecule is O=C(c1cccc([N+](=O)[O-])c1)[C@@H]1[C@@H]2C(=O)N(c3ccccc3F)C(=O)[C@H]2[C@@H]2c3ccccc3C=CN12. The van der Waals surface area contributed by atoms with Gasteiger partial charge in [-0.3, -0.25) is 24.5 Å². The fourth-order valence-electron chi connectivity index (χ4n) is 5.67. The largest absolute Gasteiger partial charge is 0.358 e. The maximum absolute atomic E-state index is 14.7. The van der Waals surface area contributed by atoms with Gasteiger partial charge in [0.25, 0.3) is 5.69 Å². The van der Waals surface area contributed by atoms with Gasteiger partial charge in [-0.15, -0.1) is 0 Å². The summed E-state index contributed by atoms with van der Waals surface area (Å²) in [7, 11) is 0. The third kappa shape index (κ3) is 3.02. The molecule has 3 aliphatic rings. The molecule has 3 heterocycles. The number of para-hydroxylation sites is 1. The number of halogens is 1. The first kappa shape index (κ1) is 21.8. The van der Waals surface area contributed by atoms with Crippen LogP contribution in [0, 0.1) is 27.8 Å². The highest BCUT2D eigenvalue weighted by molar-refractivity contribution is 6.24. The van der Waals surface area contributed by atoms with Crippen LogP contribution >= 0.6 is 0 Å². The van der Waals surface area contributed by atoms with Crippen LogP contribution in [0.5, 0.6) is 0 Å². The summed E-state index contributed by atoms with van der Waals surface area (Å²) in [5, 5.41) is 11.3. The Labute approximate surface area is 204 Å². The monoisotopic (exact) mass is 483 g/mol. The zero-order valence-electron chi connectivity index (χ0n) is 18.7. The summed E-state index contributed by atoms with van der Waals surface area (Å²) in [4.78, 5) is 54.6. The lowest BCUT2D eigenvalue weighted by molar-refractivity contribution is -0.384. The number of fused-ring (bicyclic) bond motifs is 5. The number of benzene rings is 3. The highest BCUT2D eigenvalue weighted by Crippen LogP contribution is 2.53. The van der Waals surface area contributed by atoms with Gasteiger partial charge >= 0.3 is 0 Å². The smallest absolute Gasteiger partial charge is 0.270 e. The summed E-state index contributed by atoms with van der Waals surface area (Å²) in [6.45, 7) is 0. The zero-order valence-corrected chi connectivity index (χ0v) is 18.7. The van der Waals surface area contributed by atoms with Crippen LogP contribution in [-0.4, -0.2) is 33.5 Å². The van der Waals surface area contributed by atoms with E-state index in [0.717, 1.165) is 16.0 Å². The van der Waals surface area contributed by atoms with Crippen molar-refractivity contribution in [3.05, 3.63) is 112 Å². The molecule has 0 N–H and O–H groups in total. The number of nitro benzene ring substituents is 1. The van der Waals surface area contributed by atoms with Crippen molar-refractivity contribution in [2.75, 3.05) is 4.90 Å². The minimum Gasteiger partial charge on any atom is -0.358 e. The number of hydrogen-bond acceptors (Lipinski definition) is 6. The molecule has 0 aliphatic carbocycles. The van der Waals surface area contributed by atoms with Crippen LogP contribution in [0.3, 0.4) is 0 Å². The summed E-state index contributed by atoms with van der Waals surface area (Å²) in [6.07, 6.45) is 3.50. The van der Waals surface area contributed by atoms with Gasteiger partial charge in [-0.1, -0.05) is 48.5 Å². The van der Waals surface area contributed by atoms with Crippen molar-refractivity contribution >= 4 is 35.0 Å². The van der Waals surface area contributed by atoms with E-state index in [1.807, 2.05) is 30.3 Å². The summed E-state index contributed by atoms with van der Waals surface area (Å²) >= 11 is 0. The lowest BCUT2D eigenvalue weighted by atomic mass is 9.83. The van der Waals surface area contributed by atoms with Gasteiger partial charge < -0.3 is 4.90 Å². The quantitative estimate of drug-likeness (QED) is 0.239. The Morgan fingerprint density at radius 1 is 0.917 bits per heavy atom. The number of Topliss-reactive ketones (excluding diaryl/α,β-unsaturated/α-hetero) is 1. The number of rotatable bonds is 4. The topological polar surface area (TPSA) is 101 Å². The molecule has 4 atom stereocenters. The van der Waals surface area contributed by atoms with Crippen LogP contribution in [0.2, 0.25) is 0 Å². The van der Waals surface area contributed by atoms with Crippen LogP contribution in [0.1, 0.15) is 27.5 Å². The number of nitro groups is 1. The van der Waals surface area contributed by atoms with Crippen molar-refractivity contribution in [1.82, 2.24) is 4.90 Å². The lowest BCUT2D eigenvalue weighted by Crippen LogP contribution is -2.44. The van der Waals surface area contributed by atoms with E-state index in [-0.39, 0.29) is 16.9 Å². The Balaban J connectivity index is 1.51. The summed E-state index contributed by atoms with van der Waals surface area (Å²) in [6, 6.07) is 16.5. The maximum atomic E-state index is 14.7. The van der Waals surface area contributed by atoms with E-state index >= 15 is 0 Å². The summed E-state index contributed by atoms with van der Waals surface area (Å²) in [5.74, 6) is -4.51. The van der Waals surface area contributed by atoms with Crippen molar-refractivity contribution in [3.63, 3.8) is 0 Å². The fourth-order valence-corrected chi connectivity index (χ4v) is 5.67. The minimum atomic E-state index is -1.10. The number of anilines is 1. The number of imide groups is 1. The first-order chi connectivity index (χ1) is 17.4. The molecule has 0 unspecified atom stereocenters. The Kier molecular flexibility index (Phi) is 4.82. The number of carbonyl (C=O) groups excluding carboxylic acids is 3. The van der Waals surface area contributed by atoms with E-state index in [2.05, 4.69) is 0 Å². The number of non-ortho nitro benzene ring substituents is 1. The molecule has 2 fully saturated rings. The molecule has 0 bridgehead atoms. The predicted molar refractivity (Wildman–Crippen MR) is 127 cm³/mol. The van der Waals surface area contributed by atoms with Gasteiger partial charge in [0.15, 0.2) is 5.78 Å². The standard InChI is InChI=1S/C27H18FN3O5/c28-19-10-3-4-11-20(19)30-26(33)21-22(27(30)34)24(25(32)16-7-5-8-17(14-16)31(35)36)29-13-12-15-6-1-2-9-18(15)23(21)29/h1-14,21-24H/t21-,22-,23+,24+/m1/s1. The van der Waals surface area contributed by atoms with Crippen LogP contribution in [0.4, 0.5) is 15.8 Å². The van der Waals surface area contributed by atoms with E-state index in [9.17, 15) is 28.9 Å². The van der Waals surface area contributed by atoms with E-state index in [1.54, 1.807) is 11.1 Å². The summed E-state index contributed by atoms with van der Waals surface area (Å²) < 4.78 is 14.7. The van der Waals surface area contributed by atoms with Gasteiger partial charge in [0.1, 0.15) is 11.9 Å². The van der Waals surface area contributed by atoms with Crippen molar-refractivity contribution < 1.29 is 23.7 Å². The predicted octanol–water partition coefficient (Wildman–Crippen LogP) is 4.13. The molecule has 2 amide bonds. The highest BCUT2D eigenvalue weighted by Gasteiger charge is 2.64. The molecule has 3 aromatic rings. The first-order valence-electron chi connectivity index (χ1n) is 11.3. The molecule has 178 valence electrons. The fraction of sp³-hybridized carbons (Fsp3) is 0.148. The third-order valence-corrected chi connectivity index (χ3v) is 7.17. The van der Waals surface area contributed by atoms with Gasteiger partial charge in [0.2, 0.25) is 11.8 Å². The lowest BCUT2D eigenvalue weighted by Gasteiger charge is -2.35. The Morgan fingerprint density at radius 3 is 2.42 bits per heavy atom. The molecule has 2 saturated heterocycles. The number of ketones is 1. The first-order valence-corrected chi connectivity index (χ1v) is 11.3. The average molecular weight is 483 g/mol. The van der Waals surface area contributed by atoms with E-state index in [4.69, 9.17) is 0 Å². The second-order valence-corrected chi connectivity index (χ2v) is 8.97. The molecule has 8 nitrogen and oxygen atoms in total. The second kappa shape index (κ2) is 7.94. The van der Waals surface area contributed by atoms with Crippen molar-refractivity contribution in [3.8, 4) is 0 Å². The van der Waals surface area contributed by atoms with Gasteiger partial charge in [0, 0.05) is 23.9 Å². The number of hydrogen-bond donors (Lipinski definition) is 0. The van der Waals surface area contributed by atoms with Crippen molar-refractivity contribution in [2.45, 2.75) is 12.1 Å². The summed E-state index contributed by atoms with van der Waals surface area (Å²) in [5.41, 5.74) is 1.28. The van der Waals surface area contributed by atoms with Crippen LogP contribution < -0.4 is 4.90 Å². The number of carbonyl (C=O) groups is 3. The Hall–Kier alpha value is -4.66. The molecule has 0 radical (unpaired) electrons. The minimum absolute atomic E-state index is 0.0606. The van der Waals surface area contributed by atoms with Crippen LogP contribution in [-0.2, 0) is 9.59 Å².